The number of anilines is 2. The third-order valence-corrected chi connectivity index (χ3v) is 4.56. The molecule has 0 aromatic heterocycles. The summed E-state index contributed by atoms with van der Waals surface area (Å²) in [6.45, 7) is 5.64. The lowest BCUT2D eigenvalue weighted by Crippen LogP contribution is -2.39. The first-order valence-corrected chi connectivity index (χ1v) is 8.95. The minimum atomic E-state index is 0.0130. The summed E-state index contributed by atoms with van der Waals surface area (Å²) in [5, 5.41) is 7.03. The van der Waals surface area contributed by atoms with Crippen LogP contribution in [0, 0.1) is 5.41 Å². The Morgan fingerprint density at radius 2 is 1.83 bits per heavy atom. The predicted molar refractivity (Wildman–Crippen MR) is 105 cm³/mol. The van der Waals surface area contributed by atoms with Gasteiger partial charge in [-0.25, -0.2) is 0 Å². The van der Waals surface area contributed by atoms with Crippen LogP contribution in [0.25, 0.3) is 0 Å². The standard InChI is InChI=1S/C19H33N5/c1-19(2,13-20)14-21-18(22-15-7-5-6-8-15)23-16-9-11-17(12-10-16)24(3)4/h9-12,15H,5-8,13-14,20H2,1-4H3,(H2,21,22,23). The fourth-order valence-corrected chi connectivity index (χ4v) is 2.72. The summed E-state index contributed by atoms with van der Waals surface area (Å²) in [6.07, 6.45) is 5.05. The van der Waals surface area contributed by atoms with Gasteiger partial charge in [0.25, 0.3) is 0 Å². The van der Waals surface area contributed by atoms with Gasteiger partial charge in [-0.15, -0.1) is 0 Å². The van der Waals surface area contributed by atoms with Crippen molar-refractivity contribution in [2.24, 2.45) is 16.1 Å². The van der Waals surface area contributed by atoms with Gasteiger partial charge in [0.05, 0.1) is 0 Å². The zero-order chi connectivity index (χ0) is 17.6. The van der Waals surface area contributed by atoms with Gasteiger partial charge in [-0.05, 0) is 49.1 Å². The molecule has 0 atom stereocenters. The van der Waals surface area contributed by atoms with Gasteiger partial charge in [-0.1, -0.05) is 26.7 Å². The molecule has 0 amide bonds. The Bertz CT molecular complexity index is 527. The van der Waals surface area contributed by atoms with E-state index in [0.29, 0.717) is 19.1 Å². The molecule has 0 saturated heterocycles. The molecule has 1 aromatic carbocycles. The molecule has 1 aliphatic rings. The Morgan fingerprint density at radius 3 is 2.38 bits per heavy atom. The highest BCUT2D eigenvalue weighted by molar-refractivity contribution is 5.94. The van der Waals surface area contributed by atoms with Gasteiger partial charge in [-0.3, -0.25) is 4.99 Å². The maximum absolute atomic E-state index is 5.84. The first-order chi connectivity index (χ1) is 11.4. The SMILES string of the molecule is CN(C)c1ccc(NC(=NCC(C)(C)CN)NC2CCCC2)cc1. The van der Waals surface area contributed by atoms with E-state index in [1.807, 2.05) is 14.1 Å². The third kappa shape index (κ3) is 5.71. The fraction of sp³-hybridized carbons (Fsp3) is 0.632. The van der Waals surface area contributed by atoms with Crippen molar-refractivity contribution < 1.29 is 0 Å². The number of nitrogens with two attached hydrogens (primary N) is 1. The van der Waals surface area contributed by atoms with Crippen LogP contribution in [0.4, 0.5) is 11.4 Å². The lowest BCUT2D eigenvalue weighted by atomic mass is 9.94. The summed E-state index contributed by atoms with van der Waals surface area (Å²) in [7, 11) is 4.09. The van der Waals surface area contributed by atoms with Crippen molar-refractivity contribution in [2.45, 2.75) is 45.6 Å². The van der Waals surface area contributed by atoms with Crippen molar-refractivity contribution in [1.29, 1.82) is 0 Å². The third-order valence-electron chi connectivity index (χ3n) is 4.56. The van der Waals surface area contributed by atoms with Crippen LogP contribution in [0.5, 0.6) is 0 Å². The van der Waals surface area contributed by atoms with Crippen LogP contribution in [0.15, 0.2) is 29.3 Å². The van der Waals surface area contributed by atoms with Crippen LogP contribution in [-0.2, 0) is 0 Å². The average molecular weight is 332 g/mol. The number of hydrogen-bond donors (Lipinski definition) is 3. The highest BCUT2D eigenvalue weighted by atomic mass is 15.2. The normalized spacial score (nSPS) is 16.3. The van der Waals surface area contributed by atoms with E-state index in [1.54, 1.807) is 0 Å². The Hall–Kier alpha value is -1.75. The molecule has 0 aliphatic heterocycles. The first-order valence-electron chi connectivity index (χ1n) is 8.95. The second kappa shape index (κ2) is 8.38. The summed E-state index contributed by atoms with van der Waals surface area (Å²) >= 11 is 0. The topological polar surface area (TPSA) is 65.7 Å². The molecule has 1 aromatic rings. The maximum atomic E-state index is 5.84. The first kappa shape index (κ1) is 18.6. The molecule has 0 unspecified atom stereocenters. The van der Waals surface area contributed by atoms with E-state index in [-0.39, 0.29) is 5.41 Å². The zero-order valence-corrected chi connectivity index (χ0v) is 15.6. The molecule has 5 heteroatoms. The van der Waals surface area contributed by atoms with E-state index < -0.39 is 0 Å². The zero-order valence-electron chi connectivity index (χ0n) is 15.6. The molecule has 1 saturated carbocycles. The van der Waals surface area contributed by atoms with E-state index in [4.69, 9.17) is 10.7 Å². The van der Waals surface area contributed by atoms with Crippen LogP contribution in [-0.4, -0.2) is 39.2 Å². The molecular formula is C19H33N5. The molecule has 0 spiro atoms. The molecule has 1 aliphatic carbocycles. The lowest BCUT2D eigenvalue weighted by molar-refractivity contribution is 0.393. The van der Waals surface area contributed by atoms with E-state index in [2.05, 4.69) is 53.6 Å². The molecule has 0 radical (unpaired) electrons. The molecular weight excluding hydrogens is 298 g/mol. The lowest BCUT2D eigenvalue weighted by Gasteiger charge is -2.22. The van der Waals surface area contributed by atoms with Crippen molar-refractivity contribution in [2.75, 3.05) is 37.4 Å². The Kier molecular flexibility index (Phi) is 6.49. The van der Waals surface area contributed by atoms with Crippen molar-refractivity contribution in [3.63, 3.8) is 0 Å². The van der Waals surface area contributed by atoms with Crippen molar-refractivity contribution in [1.82, 2.24) is 5.32 Å². The van der Waals surface area contributed by atoms with Gasteiger partial charge >= 0.3 is 0 Å². The van der Waals surface area contributed by atoms with Gasteiger partial charge in [-0.2, -0.15) is 0 Å². The summed E-state index contributed by atoms with van der Waals surface area (Å²) in [4.78, 5) is 6.88. The summed E-state index contributed by atoms with van der Waals surface area (Å²) in [5.41, 5.74) is 8.09. The Balaban J connectivity index is 2.07. The smallest absolute Gasteiger partial charge is 0.196 e. The van der Waals surface area contributed by atoms with Crippen LogP contribution in [0.1, 0.15) is 39.5 Å². The van der Waals surface area contributed by atoms with Gasteiger partial charge in [0.2, 0.25) is 0 Å². The quantitative estimate of drug-likeness (QED) is 0.554. The summed E-state index contributed by atoms with van der Waals surface area (Å²) < 4.78 is 0. The number of guanidine groups is 1. The average Bonchev–Trinajstić information content (AvgIpc) is 3.06. The number of benzene rings is 1. The molecule has 1 fully saturated rings. The second-order valence-corrected chi connectivity index (χ2v) is 7.73. The largest absolute Gasteiger partial charge is 0.378 e. The number of nitrogens with zero attached hydrogens (tertiary/aromatic N) is 2. The number of hydrogen-bond acceptors (Lipinski definition) is 3. The molecule has 2 rings (SSSR count). The number of rotatable bonds is 6. The second-order valence-electron chi connectivity index (χ2n) is 7.73. The molecule has 0 heterocycles. The summed E-state index contributed by atoms with van der Waals surface area (Å²) in [5.74, 6) is 0.862. The minimum absolute atomic E-state index is 0.0130. The van der Waals surface area contributed by atoms with Gasteiger partial charge in [0, 0.05) is 38.1 Å². The van der Waals surface area contributed by atoms with E-state index in [9.17, 15) is 0 Å². The monoisotopic (exact) mass is 331 g/mol. The molecule has 24 heavy (non-hydrogen) atoms. The van der Waals surface area contributed by atoms with Crippen LogP contribution in [0.2, 0.25) is 0 Å². The highest BCUT2D eigenvalue weighted by Crippen LogP contribution is 2.19. The highest BCUT2D eigenvalue weighted by Gasteiger charge is 2.18. The fourth-order valence-electron chi connectivity index (χ4n) is 2.72. The Labute approximate surface area is 146 Å². The van der Waals surface area contributed by atoms with E-state index >= 15 is 0 Å². The predicted octanol–water partition coefficient (Wildman–Crippen LogP) is 3.04. The van der Waals surface area contributed by atoms with Crippen LogP contribution >= 0.6 is 0 Å². The molecule has 134 valence electrons. The molecule has 5 nitrogen and oxygen atoms in total. The number of aliphatic imine (C=N–C) groups is 1. The maximum Gasteiger partial charge on any atom is 0.196 e. The molecule has 4 N–H and O–H groups in total. The Morgan fingerprint density at radius 1 is 1.21 bits per heavy atom. The van der Waals surface area contributed by atoms with Crippen molar-refractivity contribution in [3.05, 3.63) is 24.3 Å². The van der Waals surface area contributed by atoms with Gasteiger partial charge in [0.15, 0.2) is 5.96 Å². The minimum Gasteiger partial charge on any atom is -0.378 e. The summed E-state index contributed by atoms with van der Waals surface area (Å²) in [6, 6.07) is 8.93. The van der Waals surface area contributed by atoms with E-state index in [0.717, 1.165) is 11.6 Å². The molecule has 0 bridgehead atoms. The van der Waals surface area contributed by atoms with Gasteiger partial charge < -0.3 is 21.3 Å². The van der Waals surface area contributed by atoms with Crippen LogP contribution in [0.3, 0.4) is 0 Å². The number of nitrogens with one attached hydrogen (secondary N) is 2. The van der Waals surface area contributed by atoms with Crippen molar-refractivity contribution >= 4 is 17.3 Å². The van der Waals surface area contributed by atoms with Crippen molar-refractivity contribution in [3.8, 4) is 0 Å². The van der Waals surface area contributed by atoms with Crippen LogP contribution < -0.4 is 21.3 Å². The van der Waals surface area contributed by atoms with E-state index in [1.165, 1.54) is 31.4 Å². The van der Waals surface area contributed by atoms with Gasteiger partial charge in [0.1, 0.15) is 0 Å².